The maximum atomic E-state index is 11.9. The molecule has 0 bridgehead atoms. The Balaban J connectivity index is 2.73. The van der Waals surface area contributed by atoms with Gasteiger partial charge in [-0.3, -0.25) is 14.9 Å². The van der Waals surface area contributed by atoms with Gasteiger partial charge in [-0.2, -0.15) is 0 Å². The summed E-state index contributed by atoms with van der Waals surface area (Å²) in [6, 6.07) is 3.00. The van der Waals surface area contributed by atoms with Gasteiger partial charge in [0.2, 0.25) is 0 Å². The lowest BCUT2D eigenvalue weighted by Crippen LogP contribution is -2.27. The number of hydrogen-bond donors (Lipinski definition) is 2. The first-order chi connectivity index (χ1) is 10.3. The number of non-ortho nitro benzene ring substituents is 1. The van der Waals surface area contributed by atoms with Gasteiger partial charge >= 0.3 is 5.97 Å². The van der Waals surface area contributed by atoms with Crippen molar-refractivity contribution < 1.29 is 24.4 Å². The standard InChI is InChI=1S/C14H16N2O6/c1-9(2)8-22-4-3-15-13(17)10-5-11(14(18)19)7-12(6-10)16(20)21/h5-7H,1,3-4,8H2,2H3,(H,15,17)(H,18,19). The molecule has 1 aromatic carbocycles. The summed E-state index contributed by atoms with van der Waals surface area (Å²) < 4.78 is 5.19. The fourth-order valence-electron chi connectivity index (χ4n) is 1.56. The number of amides is 1. The Labute approximate surface area is 126 Å². The summed E-state index contributed by atoms with van der Waals surface area (Å²) in [5.41, 5.74) is -0.0240. The third kappa shape index (κ3) is 5.33. The highest BCUT2D eigenvalue weighted by atomic mass is 16.6. The van der Waals surface area contributed by atoms with Gasteiger partial charge in [-0.25, -0.2) is 4.79 Å². The van der Waals surface area contributed by atoms with Crippen LogP contribution in [0.4, 0.5) is 5.69 Å². The van der Waals surface area contributed by atoms with Crippen LogP contribution in [0.2, 0.25) is 0 Å². The Morgan fingerprint density at radius 3 is 2.55 bits per heavy atom. The van der Waals surface area contributed by atoms with Crippen molar-refractivity contribution in [3.05, 3.63) is 51.6 Å². The van der Waals surface area contributed by atoms with Crippen LogP contribution >= 0.6 is 0 Å². The first-order valence-electron chi connectivity index (χ1n) is 6.34. The molecule has 0 aliphatic carbocycles. The third-order valence-electron chi connectivity index (χ3n) is 2.52. The van der Waals surface area contributed by atoms with E-state index < -0.39 is 22.5 Å². The maximum Gasteiger partial charge on any atom is 0.335 e. The molecule has 0 heterocycles. The smallest absolute Gasteiger partial charge is 0.335 e. The fraction of sp³-hybridized carbons (Fsp3) is 0.286. The van der Waals surface area contributed by atoms with E-state index >= 15 is 0 Å². The maximum absolute atomic E-state index is 11.9. The van der Waals surface area contributed by atoms with Gasteiger partial charge in [-0.05, 0) is 13.0 Å². The van der Waals surface area contributed by atoms with E-state index in [9.17, 15) is 19.7 Å². The van der Waals surface area contributed by atoms with E-state index in [1.165, 1.54) is 0 Å². The Bertz CT molecular complexity index is 579. The Hall–Kier alpha value is -2.74. The summed E-state index contributed by atoms with van der Waals surface area (Å²) >= 11 is 0. The number of nitro benzene ring substituents is 1. The lowest BCUT2D eigenvalue weighted by Gasteiger charge is -2.07. The SMILES string of the molecule is C=C(C)COCCNC(=O)c1cc(C(=O)O)cc([N+](=O)[O-])c1. The molecule has 0 fully saturated rings. The van der Waals surface area contributed by atoms with E-state index in [0.29, 0.717) is 6.61 Å². The van der Waals surface area contributed by atoms with Crippen LogP contribution in [0.25, 0.3) is 0 Å². The molecule has 0 aliphatic rings. The van der Waals surface area contributed by atoms with E-state index in [0.717, 1.165) is 23.8 Å². The van der Waals surface area contributed by atoms with Crippen molar-refractivity contribution in [1.29, 1.82) is 0 Å². The molecular weight excluding hydrogens is 292 g/mol. The van der Waals surface area contributed by atoms with Gasteiger partial charge in [0.05, 0.1) is 23.7 Å². The van der Waals surface area contributed by atoms with Crippen LogP contribution in [0, 0.1) is 10.1 Å². The van der Waals surface area contributed by atoms with Crippen LogP contribution in [0.5, 0.6) is 0 Å². The Morgan fingerprint density at radius 2 is 2.00 bits per heavy atom. The van der Waals surface area contributed by atoms with Gasteiger partial charge < -0.3 is 15.2 Å². The average Bonchev–Trinajstić information content (AvgIpc) is 2.45. The van der Waals surface area contributed by atoms with Crippen molar-refractivity contribution >= 4 is 17.6 Å². The van der Waals surface area contributed by atoms with E-state index in [4.69, 9.17) is 9.84 Å². The zero-order chi connectivity index (χ0) is 16.7. The zero-order valence-electron chi connectivity index (χ0n) is 12.0. The molecule has 0 saturated heterocycles. The van der Waals surface area contributed by atoms with Crippen LogP contribution in [-0.2, 0) is 4.74 Å². The number of carbonyl (C=O) groups is 2. The lowest BCUT2D eigenvalue weighted by atomic mass is 10.1. The van der Waals surface area contributed by atoms with Gasteiger partial charge in [-0.15, -0.1) is 0 Å². The number of nitro groups is 1. The number of benzene rings is 1. The minimum Gasteiger partial charge on any atom is -0.478 e. The summed E-state index contributed by atoms with van der Waals surface area (Å²) in [5.74, 6) is -1.95. The van der Waals surface area contributed by atoms with E-state index in [1.54, 1.807) is 6.92 Å². The van der Waals surface area contributed by atoms with Crippen LogP contribution in [0.15, 0.2) is 30.4 Å². The number of ether oxygens (including phenoxy) is 1. The molecule has 0 aliphatic heterocycles. The van der Waals surface area contributed by atoms with Gasteiger partial charge in [0, 0.05) is 24.2 Å². The molecule has 118 valence electrons. The first-order valence-corrected chi connectivity index (χ1v) is 6.34. The second-order valence-electron chi connectivity index (χ2n) is 4.60. The molecule has 22 heavy (non-hydrogen) atoms. The molecule has 1 amide bonds. The Morgan fingerprint density at radius 1 is 1.36 bits per heavy atom. The van der Waals surface area contributed by atoms with Gasteiger partial charge in [0.25, 0.3) is 11.6 Å². The van der Waals surface area contributed by atoms with Gasteiger partial charge in [0.15, 0.2) is 0 Å². The first kappa shape index (κ1) is 17.3. The largest absolute Gasteiger partial charge is 0.478 e. The van der Waals surface area contributed by atoms with Crippen molar-refractivity contribution in [3.63, 3.8) is 0 Å². The molecule has 1 rings (SSSR count). The number of carboxylic acid groups (broad SMARTS) is 1. The quantitative estimate of drug-likeness (QED) is 0.326. The van der Waals surface area contributed by atoms with E-state index in [-0.39, 0.29) is 24.3 Å². The number of hydrogen-bond acceptors (Lipinski definition) is 5. The summed E-state index contributed by atoms with van der Waals surface area (Å²) in [6.07, 6.45) is 0. The number of aromatic carboxylic acids is 1. The lowest BCUT2D eigenvalue weighted by molar-refractivity contribution is -0.384. The minimum atomic E-state index is -1.34. The summed E-state index contributed by atoms with van der Waals surface area (Å²) in [5, 5.41) is 22.2. The van der Waals surface area contributed by atoms with E-state index in [1.807, 2.05) is 0 Å². The van der Waals surface area contributed by atoms with Crippen molar-refractivity contribution in [2.24, 2.45) is 0 Å². The molecule has 0 spiro atoms. The summed E-state index contributed by atoms with van der Waals surface area (Å²) in [6.45, 7) is 6.27. The summed E-state index contributed by atoms with van der Waals surface area (Å²) in [4.78, 5) is 32.8. The number of carbonyl (C=O) groups excluding carboxylic acids is 1. The van der Waals surface area contributed by atoms with E-state index in [2.05, 4.69) is 11.9 Å². The van der Waals surface area contributed by atoms with Crippen LogP contribution < -0.4 is 5.32 Å². The fourth-order valence-corrected chi connectivity index (χ4v) is 1.56. The van der Waals surface area contributed by atoms with Crippen molar-refractivity contribution in [2.75, 3.05) is 19.8 Å². The molecule has 8 heteroatoms. The van der Waals surface area contributed by atoms with Crippen LogP contribution in [-0.4, -0.2) is 41.7 Å². The predicted molar refractivity (Wildman–Crippen MR) is 78.0 cm³/mol. The molecule has 0 unspecified atom stereocenters. The molecule has 0 atom stereocenters. The van der Waals surface area contributed by atoms with Crippen LogP contribution in [0.1, 0.15) is 27.6 Å². The van der Waals surface area contributed by atoms with Gasteiger partial charge in [-0.1, -0.05) is 12.2 Å². The Kier molecular flexibility index (Phi) is 6.21. The van der Waals surface area contributed by atoms with Crippen LogP contribution in [0.3, 0.4) is 0 Å². The zero-order valence-corrected chi connectivity index (χ0v) is 12.0. The third-order valence-corrected chi connectivity index (χ3v) is 2.52. The summed E-state index contributed by atoms with van der Waals surface area (Å²) in [7, 11) is 0. The highest BCUT2D eigenvalue weighted by Crippen LogP contribution is 2.17. The van der Waals surface area contributed by atoms with Gasteiger partial charge in [0.1, 0.15) is 0 Å². The second kappa shape index (κ2) is 7.89. The van der Waals surface area contributed by atoms with Crippen molar-refractivity contribution in [1.82, 2.24) is 5.32 Å². The predicted octanol–water partition coefficient (Wildman–Crippen LogP) is 1.62. The normalized spacial score (nSPS) is 10.0. The molecule has 0 radical (unpaired) electrons. The molecule has 2 N–H and O–H groups in total. The highest BCUT2D eigenvalue weighted by molar-refractivity contribution is 5.98. The number of carboxylic acids is 1. The molecule has 0 aromatic heterocycles. The average molecular weight is 308 g/mol. The molecular formula is C14H16N2O6. The van der Waals surface area contributed by atoms with Crippen molar-refractivity contribution in [3.8, 4) is 0 Å². The highest BCUT2D eigenvalue weighted by Gasteiger charge is 2.17. The number of nitrogens with zero attached hydrogens (tertiary/aromatic N) is 1. The topological polar surface area (TPSA) is 119 Å². The minimum absolute atomic E-state index is 0.0912. The number of rotatable bonds is 8. The number of nitrogens with one attached hydrogen (secondary N) is 1. The molecule has 0 saturated carbocycles. The second-order valence-corrected chi connectivity index (χ2v) is 4.60. The monoisotopic (exact) mass is 308 g/mol. The molecule has 8 nitrogen and oxygen atoms in total. The van der Waals surface area contributed by atoms with Crippen molar-refractivity contribution in [2.45, 2.75) is 6.92 Å². The molecule has 1 aromatic rings.